The van der Waals surface area contributed by atoms with E-state index in [0.717, 1.165) is 83.5 Å². The first-order valence-electron chi connectivity index (χ1n) is 11.8. The Morgan fingerprint density at radius 3 is 2.57 bits per heavy atom. The quantitative estimate of drug-likeness (QED) is 0.292. The van der Waals surface area contributed by atoms with Gasteiger partial charge in [-0.1, -0.05) is 33.6 Å². The normalized spacial score (nSPS) is 15.3. The van der Waals surface area contributed by atoms with Crippen LogP contribution >= 0.6 is 27.5 Å². The van der Waals surface area contributed by atoms with Gasteiger partial charge in [-0.05, 0) is 36.4 Å². The molecule has 1 amide bonds. The fraction of sp³-hybridized carbons (Fsp3) is 0.346. The molecule has 3 N–H and O–H groups in total. The van der Waals surface area contributed by atoms with Gasteiger partial charge in [-0.15, -0.1) is 0 Å². The molecular formula is C26H29BrClN5O2. The summed E-state index contributed by atoms with van der Waals surface area (Å²) in [4.78, 5) is 25.2. The molecule has 2 aromatic carbocycles. The molecule has 5 rings (SSSR count). The molecule has 2 aromatic heterocycles. The molecule has 0 aliphatic carbocycles. The van der Waals surface area contributed by atoms with Crippen LogP contribution in [0.4, 0.5) is 0 Å². The number of carbonyl (C=O) groups excluding carboxylic acids is 1. The van der Waals surface area contributed by atoms with E-state index in [1.54, 1.807) is 7.11 Å². The Kier molecular flexibility index (Phi) is 7.45. The van der Waals surface area contributed by atoms with Crippen LogP contribution in [0.1, 0.15) is 10.4 Å². The highest BCUT2D eigenvalue weighted by Gasteiger charge is 2.22. The number of ether oxygens (including phenoxy) is 1. The second kappa shape index (κ2) is 10.7. The van der Waals surface area contributed by atoms with E-state index >= 15 is 0 Å². The fourth-order valence-electron chi connectivity index (χ4n) is 4.72. The summed E-state index contributed by atoms with van der Waals surface area (Å²) >= 11 is 9.73. The molecular weight excluding hydrogens is 530 g/mol. The van der Waals surface area contributed by atoms with Gasteiger partial charge in [-0.2, -0.15) is 0 Å². The second-order valence-electron chi connectivity index (χ2n) is 8.91. The number of H-pyrrole nitrogens is 2. The van der Waals surface area contributed by atoms with Crippen LogP contribution in [0.2, 0.25) is 5.02 Å². The fourth-order valence-corrected chi connectivity index (χ4v) is 5.26. The van der Waals surface area contributed by atoms with Gasteiger partial charge < -0.3 is 20.0 Å². The maximum absolute atomic E-state index is 13.5. The van der Waals surface area contributed by atoms with Crippen LogP contribution in [0.15, 0.2) is 46.9 Å². The first-order chi connectivity index (χ1) is 17.0. The van der Waals surface area contributed by atoms with E-state index in [1.807, 2.05) is 42.5 Å². The Labute approximate surface area is 217 Å². The molecule has 1 aliphatic heterocycles. The van der Waals surface area contributed by atoms with Crippen LogP contribution in [-0.2, 0) is 4.74 Å². The highest BCUT2D eigenvalue weighted by molar-refractivity contribution is 9.10. The minimum absolute atomic E-state index is 0.0796. The van der Waals surface area contributed by atoms with Crippen molar-refractivity contribution in [3.63, 3.8) is 0 Å². The lowest BCUT2D eigenvalue weighted by atomic mass is 10.1. The van der Waals surface area contributed by atoms with Crippen molar-refractivity contribution in [2.45, 2.75) is 0 Å². The van der Waals surface area contributed by atoms with Crippen LogP contribution in [0.25, 0.3) is 33.2 Å². The molecule has 9 heteroatoms. The van der Waals surface area contributed by atoms with Gasteiger partial charge >= 0.3 is 0 Å². The number of hydrogen-bond acceptors (Lipinski definition) is 4. The predicted molar refractivity (Wildman–Crippen MR) is 145 cm³/mol. The molecule has 0 unspecified atom stereocenters. The summed E-state index contributed by atoms with van der Waals surface area (Å²) in [5.41, 5.74) is 4.15. The van der Waals surface area contributed by atoms with E-state index in [4.69, 9.17) is 16.3 Å². The number of carbonyl (C=O) groups is 1. The summed E-state index contributed by atoms with van der Waals surface area (Å²) in [7, 11) is 1.74. The molecule has 0 bridgehead atoms. The van der Waals surface area contributed by atoms with Gasteiger partial charge in [0.05, 0.1) is 23.6 Å². The number of rotatable bonds is 8. The number of halogens is 2. The highest BCUT2D eigenvalue weighted by Crippen LogP contribution is 2.33. The van der Waals surface area contributed by atoms with Gasteiger partial charge in [0.15, 0.2) is 0 Å². The number of amides is 1. The lowest BCUT2D eigenvalue weighted by Gasteiger charge is -2.34. The second-order valence-corrected chi connectivity index (χ2v) is 10.3. The first kappa shape index (κ1) is 24.3. The Bertz CT molecular complexity index is 1340. The van der Waals surface area contributed by atoms with Gasteiger partial charge in [-0.3, -0.25) is 14.6 Å². The minimum atomic E-state index is -0.0796. The van der Waals surface area contributed by atoms with E-state index in [9.17, 15) is 4.79 Å². The van der Waals surface area contributed by atoms with Crippen molar-refractivity contribution >= 4 is 55.2 Å². The third-order valence-electron chi connectivity index (χ3n) is 6.63. The minimum Gasteiger partial charge on any atom is -0.383 e. The van der Waals surface area contributed by atoms with Gasteiger partial charge in [0.25, 0.3) is 5.91 Å². The largest absolute Gasteiger partial charge is 0.383 e. The van der Waals surface area contributed by atoms with Gasteiger partial charge in [0, 0.05) is 84.2 Å². The number of hydrogen-bond donors (Lipinski definition) is 3. The van der Waals surface area contributed by atoms with E-state index in [1.165, 1.54) is 0 Å². The van der Waals surface area contributed by atoms with Gasteiger partial charge in [0.1, 0.15) is 0 Å². The number of nitrogens with one attached hydrogen (secondary N) is 3. The van der Waals surface area contributed by atoms with Crippen molar-refractivity contribution in [1.29, 1.82) is 0 Å². The molecule has 3 heterocycles. The maximum Gasteiger partial charge on any atom is 0.254 e. The van der Waals surface area contributed by atoms with E-state index < -0.39 is 0 Å². The molecule has 35 heavy (non-hydrogen) atoms. The molecule has 4 aromatic rings. The van der Waals surface area contributed by atoms with E-state index in [2.05, 4.69) is 41.0 Å². The standard InChI is InChI=1S/C26H29BrClN5O2/c1-35-13-12-33-10-8-32(9-11-33)7-6-29-26(34)24-20-4-2-18(27)16-22(20)31-25(24)23-15-17-14-19(28)3-5-21(17)30-23/h2-5,14-16,30-31H,6-13H2,1H3,(H,29,34). The number of aromatic amines is 2. The van der Waals surface area contributed by atoms with Crippen LogP contribution in [-0.4, -0.2) is 85.2 Å². The van der Waals surface area contributed by atoms with E-state index in [-0.39, 0.29) is 5.91 Å². The van der Waals surface area contributed by atoms with Crippen LogP contribution in [0.3, 0.4) is 0 Å². The topological polar surface area (TPSA) is 76.4 Å². The molecule has 0 spiro atoms. The van der Waals surface area contributed by atoms with Crippen LogP contribution in [0, 0.1) is 0 Å². The third kappa shape index (κ3) is 5.42. The van der Waals surface area contributed by atoms with Gasteiger partial charge in [-0.25, -0.2) is 0 Å². The average Bonchev–Trinajstić information content (AvgIpc) is 3.44. The first-order valence-corrected chi connectivity index (χ1v) is 13.0. The predicted octanol–water partition coefficient (Wildman–Crippen LogP) is 4.73. The average molecular weight is 559 g/mol. The number of fused-ring (bicyclic) bond motifs is 2. The third-order valence-corrected chi connectivity index (χ3v) is 7.36. The van der Waals surface area contributed by atoms with Crippen molar-refractivity contribution in [2.75, 3.05) is 59.5 Å². The monoisotopic (exact) mass is 557 g/mol. The molecule has 1 saturated heterocycles. The lowest BCUT2D eigenvalue weighted by molar-refractivity contribution is 0.0901. The zero-order chi connectivity index (χ0) is 24.4. The summed E-state index contributed by atoms with van der Waals surface area (Å²) < 4.78 is 6.14. The van der Waals surface area contributed by atoms with E-state index in [0.29, 0.717) is 17.1 Å². The zero-order valence-corrected chi connectivity index (χ0v) is 22.0. The van der Waals surface area contributed by atoms with Crippen molar-refractivity contribution in [1.82, 2.24) is 25.1 Å². The molecule has 0 atom stereocenters. The number of aromatic nitrogens is 2. The molecule has 1 aliphatic rings. The van der Waals surface area contributed by atoms with Crippen molar-refractivity contribution < 1.29 is 9.53 Å². The Morgan fingerprint density at radius 2 is 1.80 bits per heavy atom. The van der Waals surface area contributed by atoms with Crippen LogP contribution in [0.5, 0.6) is 0 Å². The lowest BCUT2D eigenvalue weighted by Crippen LogP contribution is -2.49. The number of methoxy groups -OCH3 is 1. The summed E-state index contributed by atoms with van der Waals surface area (Å²) in [5, 5.41) is 5.73. The number of piperazine rings is 1. The van der Waals surface area contributed by atoms with Crippen molar-refractivity contribution in [2.24, 2.45) is 0 Å². The number of nitrogens with zero attached hydrogens (tertiary/aromatic N) is 2. The van der Waals surface area contributed by atoms with Crippen LogP contribution < -0.4 is 5.32 Å². The smallest absolute Gasteiger partial charge is 0.254 e. The van der Waals surface area contributed by atoms with Crippen molar-refractivity contribution in [3.05, 3.63) is 57.5 Å². The summed E-state index contributed by atoms with van der Waals surface area (Å²) in [5.74, 6) is -0.0796. The summed E-state index contributed by atoms with van der Waals surface area (Å²) in [6.45, 7) is 7.24. The Hall–Kier alpha value is -2.36. The Morgan fingerprint density at radius 1 is 1.03 bits per heavy atom. The SMILES string of the molecule is COCCN1CCN(CCNC(=O)c2c(-c3cc4cc(Cl)ccc4[nH]3)[nH]c3cc(Br)ccc23)CC1. The maximum atomic E-state index is 13.5. The molecule has 1 fully saturated rings. The molecule has 0 saturated carbocycles. The number of benzene rings is 2. The summed E-state index contributed by atoms with van der Waals surface area (Å²) in [6, 6.07) is 13.7. The molecule has 184 valence electrons. The molecule has 0 radical (unpaired) electrons. The molecule has 7 nitrogen and oxygen atoms in total. The van der Waals surface area contributed by atoms with Gasteiger partial charge in [0.2, 0.25) is 0 Å². The Balaban J connectivity index is 1.33. The van der Waals surface area contributed by atoms with Crippen molar-refractivity contribution in [3.8, 4) is 11.4 Å². The zero-order valence-electron chi connectivity index (χ0n) is 19.7. The summed E-state index contributed by atoms with van der Waals surface area (Å²) in [6.07, 6.45) is 0. The highest BCUT2D eigenvalue weighted by atomic mass is 79.9.